The first-order chi connectivity index (χ1) is 21.4. The van der Waals surface area contributed by atoms with E-state index in [9.17, 15) is 19.2 Å². The second-order valence-corrected chi connectivity index (χ2v) is 11.0. The van der Waals surface area contributed by atoms with E-state index in [1.54, 1.807) is 24.3 Å². The fraction of sp³-hybridized carbons (Fsp3) is 0.556. The van der Waals surface area contributed by atoms with Gasteiger partial charge in [0.15, 0.2) is 11.5 Å². The van der Waals surface area contributed by atoms with Crippen LogP contribution >= 0.6 is 0 Å². The molecule has 0 bridgehead atoms. The van der Waals surface area contributed by atoms with Crippen molar-refractivity contribution in [1.82, 2.24) is 0 Å². The molecule has 2 rings (SSSR count). The summed E-state index contributed by atoms with van der Waals surface area (Å²) in [4.78, 5) is 48.7. The normalized spacial score (nSPS) is 10.7. The van der Waals surface area contributed by atoms with Crippen molar-refractivity contribution in [3.05, 3.63) is 69.0 Å². The van der Waals surface area contributed by atoms with Crippen LogP contribution in [0.4, 0.5) is 0 Å². The molecule has 0 fully saturated rings. The highest BCUT2D eigenvalue weighted by atomic mass is 16.5. The number of esters is 2. The number of rotatable bonds is 23. The first-order valence-electron chi connectivity index (χ1n) is 16.4. The zero-order valence-corrected chi connectivity index (χ0v) is 26.6. The second kappa shape index (κ2) is 22.8. The molecule has 2 aromatic carbocycles. The van der Waals surface area contributed by atoms with Gasteiger partial charge in [0.2, 0.25) is 10.9 Å². The highest BCUT2D eigenvalue weighted by Crippen LogP contribution is 2.15. The van der Waals surface area contributed by atoms with Gasteiger partial charge in [0.05, 0.1) is 13.2 Å². The number of ether oxygens (including phenoxy) is 4. The van der Waals surface area contributed by atoms with Gasteiger partial charge in [-0.1, -0.05) is 65.2 Å². The molecular weight excluding hydrogens is 560 g/mol. The van der Waals surface area contributed by atoms with Crippen LogP contribution in [-0.2, 0) is 9.59 Å². The van der Waals surface area contributed by atoms with Crippen molar-refractivity contribution in [3.8, 4) is 23.0 Å². The SMILES string of the molecule is CCCCCCCC(=O)Oc1ccc(OCCCCCCOc2ccc(OC(=O)CCCCCCC)c(=O)cc2)ccc1=O. The molecule has 0 aliphatic heterocycles. The van der Waals surface area contributed by atoms with Gasteiger partial charge < -0.3 is 18.9 Å². The van der Waals surface area contributed by atoms with Gasteiger partial charge in [-0.25, -0.2) is 0 Å². The molecule has 0 spiro atoms. The van der Waals surface area contributed by atoms with Crippen LogP contribution in [0.5, 0.6) is 23.0 Å². The van der Waals surface area contributed by atoms with E-state index < -0.39 is 0 Å². The molecule has 242 valence electrons. The minimum atomic E-state index is -0.387. The van der Waals surface area contributed by atoms with Crippen LogP contribution in [-0.4, -0.2) is 25.2 Å². The predicted octanol–water partition coefficient (Wildman–Crippen LogP) is 7.96. The lowest BCUT2D eigenvalue weighted by atomic mass is 10.1. The van der Waals surface area contributed by atoms with Gasteiger partial charge in [0.1, 0.15) is 11.5 Å². The molecule has 8 nitrogen and oxygen atoms in total. The number of hydrogen-bond acceptors (Lipinski definition) is 8. The summed E-state index contributed by atoms with van der Waals surface area (Å²) in [5, 5.41) is 0. The van der Waals surface area contributed by atoms with Crippen molar-refractivity contribution < 1.29 is 28.5 Å². The molecule has 0 saturated carbocycles. The Labute approximate surface area is 262 Å². The van der Waals surface area contributed by atoms with Crippen LogP contribution in [0.15, 0.2) is 58.1 Å². The molecule has 0 aromatic heterocycles. The maximum Gasteiger partial charge on any atom is 0.311 e. The fourth-order valence-corrected chi connectivity index (χ4v) is 4.46. The maximum atomic E-state index is 12.3. The zero-order chi connectivity index (χ0) is 31.8. The van der Waals surface area contributed by atoms with Gasteiger partial charge in [0.25, 0.3) is 0 Å². The van der Waals surface area contributed by atoms with Crippen LogP contribution in [0.1, 0.15) is 117 Å². The van der Waals surface area contributed by atoms with Crippen LogP contribution in [0.25, 0.3) is 0 Å². The van der Waals surface area contributed by atoms with Gasteiger partial charge in [-0.15, -0.1) is 0 Å². The standard InChI is InChI=1S/C36H50O8/c1-3-5-7-9-13-17-35(39)43-33-25-21-29(19-23-31(33)37)41-27-15-11-12-16-28-42-30-20-24-32(38)34(26-22-30)44-36(40)18-14-10-8-6-4-2/h19-26H,3-18,27-28H2,1-2H3. The van der Waals surface area contributed by atoms with E-state index in [0.29, 0.717) is 37.6 Å². The van der Waals surface area contributed by atoms with E-state index in [1.807, 2.05) is 0 Å². The largest absolute Gasteiger partial charge is 0.494 e. The molecule has 2 aromatic rings. The first kappa shape index (κ1) is 36.5. The molecule has 0 amide bonds. The van der Waals surface area contributed by atoms with Gasteiger partial charge in [-0.3, -0.25) is 19.2 Å². The third kappa shape index (κ3) is 16.2. The Kier molecular flexibility index (Phi) is 18.9. The summed E-state index contributed by atoms with van der Waals surface area (Å²) in [6, 6.07) is 12.2. The highest BCUT2D eigenvalue weighted by Gasteiger charge is 2.09. The van der Waals surface area contributed by atoms with Crippen molar-refractivity contribution in [3.63, 3.8) is 0 Å². The number of hydrogen-bond donors (Lipinski definition) is 0. The lowest BCUT2D eigenvalue weighted by molar-refractivity contribution is -0.135. The summed E-state index contributed by atoms with van der Waals surface area (Å²) in [7, 11) is 0. The topological polar surface area (TPSA) is 105 Å². The molecule has 0 aliphatic carbocycles. The average Bonchev–Trinajstić information content (AvgIpc) is 3.29. The van der Waals surface area contributed by atoms with E-state index in [1.165, 1.54) is 24.3 Å². The zero-order valence-electron chi connectivity index (χ0n) is 26.6. The predicted molar refractivity (Wildman–Crippen MR) is 173 cm³/mol. The van der Waals surface area contributed by atoms with Gasteiger partial charge in [-0.05, 0) is 87.1 Å². The van der Waals surface area contributed by atoms with E-state index in [4.69, 9.17) is 18.9 Å². The van der Waals surface area contributed by atoms with Crippen molar-refractivity contribution >= 4 is 11.9 Å². The van der Waals surface area contributed by atoms with Crippen molar-refractivity contribution in [1.29, 1.82) is 0 Å². The molecule has 0 saturated heterocycles. The van der Waals surface area contributed by atoms with Crippen LogP contribution in [0, 0.1) is 0 Å². The van der Waals surface area contributed by atoms with Crippen LogP contribution < -0.4 is 29.8 Å². The molecule has 8 heteroatoms. The molecule has 0 aliphatic rings. The lowest BCUT2D eigenvalue weighted by Gasteiger charge is -2.06. The third-order valence-corrected chi connectivity index (χ3v) is 7.07. The minimum absolute atomic E-state index is 0.0160. The Balaban J connectivity index is 1.63. The van der Waals surface area contributed by atoms with Crippen LogP contribution in [0.2, 0.25) is 0 Å². The summed E-state index contributed by atoms with van der Waals surface area (Å²) in [5.74, 6) is 0.339. The first-order valence-corrected chi connectivity index (χ1v) is 16.4. The number of unbranched alkanes of at least 4 members (excludes halogenated alkanes) is 11. The molecule has 0 unspecified atom stereocenters. The second-order valence-electron chi connectivity index (χ2n) is 11.0. The van der Waals surface area contributed by atoms with Gasteiger partial charge in [-0.2, -0.15) is 0 Å². The smallest absolute Gasteiger partial charge is 0.311 e. The Hall–Kier alpha value is -3.68. The summed E-state index contributed by atoms with van der Waals surface area (Å²) in [5.41, 5.74) is -0.717. The number of carbonyl (C=O) groups excluding carboxylic acids is 2. The Morgan fingerprint density at radius 3 is 1.25 bits per heavy atom. The summed E-state index contributed by atoms with van der Waals surface area (Å²) >= 11 is 0. The van der Waals surface area contributed by atoms with Crippen molar-refractivity contribution in [2.75, 3.05) is 13.2 Å². The van der Waals surface area contributed by atoms with E-state index in [0.717, 1.165) is 89.9 Å². The average molecular weight is 611 g/mol. The quantitative estimate of drug-likeness (QED) is 0.0922. The summed E-state index contributed by atoms with van der Waals surface area (Å²) < 4.78 is 22.1. The molecule has 0 radical (unpaired) electrons. The Morgan fingerprint density at radius 1 is 0.477 bits per heavy atom. The van der Waals surface area contributed by atoms with Crippen molar-refractivity contribution in [2.24, 2.45) is 0 Å². The number of carbonyl (C=O) groups is 2. The highest BCUT2D eigenvalue weighted by molar-refractivity contribution is 5.72. The van der Waals surface area contributed by atoms with Crippen LogP contribution in [0.3, 0.4) is 0 Å². The summed E-state index contributed by atoms with van der Waals surface area (Å²) in [6.07, 6.45) is 14.4. The summed E-state index contributed by atoms with van der Waals surface area (Å²) in [6.45, 7) is 5.27. The Bertz CT molecular complexity index is 1150. The molecule has 0 N–H and O–H groups in total. The molecule has 0 heterocycles. The molecule has 0 atom stereocenters. The lowest BCUT2D eigenvalue weighted by Crippen LogP contribution is -2.12. The van der Waals surface area contributed by atoms with Crippen molar-refractivity contribution in [2.45, 2.75) is 117 Å². The van der Waals surface area contributed by atoms with E-state index in [2.05, 4.69) is 13.8 Å². The Morgan fingerprint density at radius 2 is 0.841 bits per heavy atom. The fourth-order valence-electron chi connectivity index (χ4n) is 4.46. The maximum absolute atomic E-state index is 12.3. The third-order valence-electron chi connectivity index (χ3n) is 7.07. The molecular formula is C36H50O8. The van der Waals surface area contributed by atoms with E-state index >= 15 is 0 Å². The minimum Gasteiger partial charge on any atom is -0.494 e. The van der Waals surface area contributed by atoms with Gasteiger partial charge in [0, 0.05) is 12.8 Å². The monoisotopic (exact) mass is 610 g/mol. The van der Waals surface area contributed by atoms with E-state index in [-0.39, 0.29) is 34.3 Å². The van der Waals surface area contributed by atoms with Gasteiger partial charge >= 0.3 is 11.9 Å². The molecule has 44 heavy (non-hydrogen) atoms.